The topological polar surface area (TPSA) is 34.9 Å². The molecule has 0 atom stereocenters. The van der Waals surface area contributed by atoms with Gasteiger partial charge in [0.05, 0.1) is 10.8 Å². The summed E-state index contributed by atoms with van der Waals surface area (Å²) < 4.78 is 1.88. The number of ketones is 1. The van der Waals surface area contributed by atoms with Crippen LogP contribution < -0.4 is 0 Å². The monoisotopic (exact) mass is 266 g/mol. The second-order valence-corrected chi connectivity index (χ2v) is 4.86. The summed E-state index contributed by atoms with van der Waals surface area (Å²) in [6.07, 6.45) is 3.56. The Bertz CT molecular complexity index is 539. The summed E-state index contributed by atoms with van der Waals surface area (Å²) in [4.78, 5) is 16.1. The van der Waals surface area contributed by atoms with E-state index in [0.717, 1.165) is 5.16 Å². The summed E-state index contributed by atoms with van der Waals surface area (Å²) in [5.41, 5.74) is 0.566. The third-order valence-electron chi connectivity index (χ3n) is 2.28. The summed E-state index contributed by atoms with van der Waals surface area (Å²) in [6.45, 7) is 0. The minimum Gasteiger partial charge on any atom is -0.329 e. The number of aryl methyl sites for hydroxylation is 1. The number of carbonyl (C=O) groups excluding carboxylic acids is 1. The molecule has 17 heavy (non-hydrogen) atoms. The van der Waals surface area contributed by atoms with Crippen LogP contribution >= 0.6 is 23.4 Å². The molecule has 3 nitrogen and oxygen atoms in total. The van der Waals surface area contributed by atoms with E-state index in [0.29, 0.717) is 16.3 Å². The van der Waals surface area contributed by atoms with Crippen molar-refractivity contribution in [1.82, 2.24) is 9.55 Å². The molecule has 0 spiro atoms. The van der Waals surface area contributed by atoms with E-state index in [4.69, 9.17) is 11.6 Å². The van der Waals surface area contributed by atoms with Gasteiger partial charge in [0.15, 0.2) is 10.9 Å². The van der Waals surface area contributed by atoms with E-state index in [9.17, 15) is 4.79 Å². The highest BCUT2D eigenvalue weighted by atomic mass is 35.5. The molecule has 0 fully saturated rings. The van der Waals surface area contributed by atoms with E-state index >= 15 is 0 Å². The van der Waals surface area contributed by atoms with Crippen LogP contribution in [-0.4, -0.2) is 21.1 Å². The molecule has 1 heterocycles. The van der Waals surface area contributed by atoms with Crippen LogP contribution in [0.25, 0.3) is 0 Å². The summed E-state index contributed by atoms with van der Waals surface area (Å²) in [5, 5.41) is 1.32. The Hall–Kier alpha value is -1.26. The molecule has 0 saturated carbocycles. The molecule has 0 aliphatic heterocycles. The molecule has 1 aromatic carbocycles. The maximum Gasteiger partial charge on any atom is 0.174 e. The van der Waals surface area contributed by atoms with Crippen molar-refractivity contribution in [3.05, 3.63) is 47.2 Å². The van der Waals surface area contributed by atoms with Gasteiger partial charge in [-0.15, -0.1) is 0 Å². The first-order valence-corrected chi connectivity index (χ1v) is 6.42. The fourth-order valence-corrected chi connectivity index (χ4v) is 2.44. The number of rotatable bonds is 4. The quantitative estimate of drug-likeness (QED) is 0.630. The van der Waals surface area contributed by atoms with E-state index in [-0.39, 0.29) is 5.78 Å². The maximum absolute atomic E-state index is 11.9. The van der Waals surface area contributed by atoms with Crippen molar-refractivity contribution < 1.29 is 4.79 Å². The fourth-order valence-electron chi connectivity index (χ4n) is 1.39. The Morgan fingerprint density at radius 1 is 1.47 bits per heavy atom. The Morgan fingerprint density at radius 2 is 2.24 bits per heavy atom. The van der Waals surface area contributed by atoms with E-state index in [2.05, 4.69) is 4.98 Å². The second kappa shape index (κ2) is 5.38. The van der Waals surface area contributed by atoms with Crippen LogP contribution in [0, 0.1) is 0 Å². The predicted molar refractivity (Wildman–Crippen MR) is 69.7 cm³/mol. The summed E-state index contributed by atoms with van der Waals surface area (Å²) >= 11 is 7.37. The molecule has 2 rings (SSSR count). The van der Waals surface area contributed by atoms with Gasteiger partial charge in [-0.05, 0) is 12.1 Å². The first-order valence-electron chi connectivity index (χ1n) is 5.06. The molecule has 2 aromatic rings. The van der Waals surface area contributed by atoms with Crippen LogP contribution in [0.3, 0.4) is 0 Å². The van der Waals surface area contributed by atoms with Gasteiger partial charge in [-0.3, -0.25) is 4.79 Å². The highest BCUT2D eigenvalue weighted by Gasteiger charge is 2.11. The Morgan fingerprint density at radius 3 is 2.88 bits per heavy atom. The predicted octanol–water partition coefficient (Wildman–Crippen LogP) is 3.05. The molecule has 0 N–H and O–H groups in total. The van der Waals surface area contributed by atoms with Gasteiger partial charge < -0.3 is 4.57 Å². The average Bonchev–Trinajstić information content (AvgIpc) is 2.72. The maximum atomic E-state index is 11.9. The number of carbonyl (C=O) groups is 1. The zero-order chi connectivity index (χ0) is 12.3. The SMILES string of the molecule is Cn1ccnc1SCC(=O)c1ccccc1Cl. The lowest BCUT2D eigenvalue weighted by molar-refractivity contribution is 0.102. The smallest absolute Gasteiger partial charge is 0.174 e. The van der Waals surface area contributed by atoms with Gasteiger partial charge in [0.2, 0.25) is 0 Å². The zero-order valence-corrected chi connectivity index (χ0v) is 10.8. The van der Waals surface area contributed by atoms with E-state index in [1.807, 2.05) is 29.9 Å². The van der Waals surface area contributed by atoms with Crippen LogP contribution in [0.15, 0.2) is 41.8 Å². The van der Waals surface area contributed by atoms with E-state index in [1.54, 1.807) is 18.3 Å². The Labute approximate surface area is 109 Å². The van der Waals surface area contributed by atoms with Crippen molar-refractivity contribution >= 4 is 29.1 Å². The van der Waals surface area contributed by atoms with Gasteiger partial charge in [-0.25, -0.2) is 4.98 Å². The Kier molecular flexibility index (Phi) is 3.86. The molecule has 0 amide bonds. The van der Waals surface area contributed by atoms with E-state index < -0.39 is 0 Å². The number of Topliss-reactive ketones (excluding diaryl/α,β-unsaturated/α-hetero) is 1. The largest absolute Gasteiger partial charge is 0.329 e. The molecule has 0 bridgehead atoms. The van der Waals surface area contributed by atoms with Gasteiger partial charge in [0.1, 0.15) is 0 Å². The number of nitrogens with zero attached hydrogens (tertiary/aromatic N) is 2. The molecule has 88 valence electrons. The molecular formula is C12H11ClN2OS. The lowest BCUT2D eigenvalue weighted by Crippen LogP contribution is -2.04. The van der Waals surface area contributed by atoms with Crippen LogP contribution in [0.5, 0.6) is 0 Å². The summed E-state index contributed by atoms with van der Waals surface area (Å²) in [5.74, 6) is 0.359. The van der Waals surface area contributed by atoms with Crippen molar-refractivity contribution in [2.45, 2.75) is 5.16 Å². The molecule has 1 aromatic heterocycles. The van der Waals surface area contributed by atoms with Crippen molar-refractivity contribution in [2.75, 3.05) is 5.75 Å². The highest BCUT2D eigenvalue weighted by molar-refractivity contribution is 7.99. The van der Waals surface area contributed by atoms with Crippen LogP contribution in [-0.2, 0) is 7.05 Å². The van der Waals surface area contributed by atoms with Crippen molar-refractivity contribution in [3.63, 3.8) is 0 Å². The number of halogens is 1. The number of benzene rings is 1. The fraction of sp³-hybridized carbons (Fsp3) is 0.167. The van der Waals surface area contributed by atoms with Gasteiger partial charge in [0.25, 0.3) is 0 Å². The molecule has 0 radical (unpaired) electrons. The first-order chi connectivity index (χ1) is 8.18. The molecule has 0 aliphatic carbocycles. The molecule has 0 aliphatic rings. The highest BCUT2D eigenvalue weighted by Crippen LogP contribution is 2.20. The van der Waals surface area contributed by atoms with Crippen LogP contribution in [0.4, 0.5) is 0 Å². The first kappa shape index (κ1) is 12.2. The lowest BCUT2D eigenvalue weighted by atomic mass is 10.1. The number of imidazole rings is 1. The molecular weight excluding hydrogens is 256 g/mol. The Balaban J connectivity index is 2.04. The van der Waals surface area contributed by atoms with Crippen molar-refractivity contribution in [2.24, 2.45) is 7.05 Å². The third kappa shape index (κ3) is 2.90. The van der Waals surface area contributed by atoms with Crippen molar-refractivity contribution in [1.29, 1.82) is 0 Å². The van der Waals surface area contributed by atoms with Gasteiger partial charge in [0, 0.05) is 25.0 Å². The summed E-state index contributed by atoms with van der Waals surface area (Å²) in [6, 6.07) is 7.08. The van der Waals surface area contributed by atoms with Gasteiger partial charge in [-0.1, -0.05) is 35.5 Å². The second-order valence-electron chi connectivity index (χ2n) is 3.51. The van der Waals surface area contributed by atoms with Gasteiger partial charge in [-0.2, -0.15) is 0 Å². The number of aromatic nitrogens is 2. The number of thioether (sulfide) groups is 1. The van der Waals surface area contributed by atoms with Crippen molar-refractivity contribution in [3.8, 4) is 0 Å². The third-order valence-corrected chi connectivity index (χ3v) is 3.67. The lowest BCUT2D eigenvalue weighted by Gasteiger charge is -2.03. The zero-order valence-electron chi connectivity index (χ0n) is 9.26. The minimum atomic E-state index is 0.0172. The van der Waals surface area contributed by atoms with Crippen LogP contribution in [0.2, 0.25) is 5.02 Å². The normalized spacial score (nSPS) is 10.5. The number of hydrogen-bond donors (Lipinski definition) is 0. The number of hydrogen-bond acceptors (Lipinski definition) is 3. The average molecular weight is 267 g/mol. The molecule has 0 unspecified atom stereocenters. The minimum absolute atomic E-state index is 0.0172. The van der Waals surface area contributed by atoms with Gasteiger partial charge >= 0.3 is 0 Å². The molecule has 0 saturated heterocycles. The standard InChI is InChI=1S/C12H11ClN2OS/c1-15-7-6-14-12(15)17-8-11(16)9-4-2-3-5-10(9)13/h2-7H,8H2,1H3. The summed E-state index contributed by atoms with van der Waals surface area (Å²) in [7, 11) is 1.90. The molecule has 5 heteroatoms. The van der Waals surface area contributed by atoms with Crippen LogP contribution in [0.1, 0.15) is 10.4 Å². The van der Waals surface area contributed by atoms with E-state index in [1.165, 1.54) is 11.8 Å².